The summed E-state index contributed by atoms with van der Waals surface area (Å²) in [6, 6.07) is 6.62. The van der Waals surface area contributed by atoms with Crippen LogP contribution >= 0.6 is 0 Å². The molecule has 1 unspecified atom stereocenters. The van der Waals surface area contributed by atoms with Gasteiger partial charge >= 0.3 is 0 Å². The van der Waals surface area contributed by atoms with Gasteiger partial charge in [0, 0.05) is 6.42 Å². The summed E-state index contributed by atoms with van der Waals surface area (Å²) >= 11 is 0. The molecule has 16 heavy (non-hydrogen) atoms. The van der Waals surface area contributed by atoms with Crippen LogP contribution in [0.15, 0.2) is 24.3 Å². The number of aldehydes is 1. The van der Waals surface area contributed by atoms with E-state index in [1.54, 1.807) is 0 Å². The van der Waals surface area contributed by atoms with Crippen molar-refractivity contribution in [3.8, 4) is 0 Å². The van der Waals surface area contributed by atoms with Crippen molar-refractivity contribution in [2.75, 3.05) is 0 Å². The molecule has 86 valence electrons. The molecule has 1 aromatic rings. The molecule has 0 spiro atoms. The normalized spacial score (nSPS) is 18.6. The Balaban J connectivity index is 2.17. The van der Waals surface area contributed by atoms with E-state index < -0.39 is 0 Å². The van der Waals surface area contributed by atoms with E-state index in [9.17, 15) is 9.18 Å². The van der Waals surface area contributed by atoms with Crippen LogP contribution in [0.25, 0.3) is 0 Å². The van der Waals surface area contributed by atoms with Gasteiger partial charge in [0.2, 0.25) is 0 Å². The highest BCUT2D eigenvalue weighted by Gasteiger charge is 2.25. The van der Waals surface area contributed by atoms with E-state index >= 15 is 0 Å². The van der Waals surface area contributed by atoms with E-state index in [-0.39, 0.29) is 5.82 Å². The van der Waals surface area contributed by atoms with Crippen LogP contribution in [0.2, 0.25) is 0 Å². The highest BCUT2D eigenvalue weighted by Crippen LogP contribution is 2.38. The summed E-state index contributed by atoms with van der Waals surface area (Å²) in [5.41, 5.74) is 1.11. The number of halogens is 1. The molecule has 0 saturated heterocycles. The Kier molecular flexibility index (Phi) is 3.70. The van der Waals surface area contributed by atoms with Crippen molar-refractivity contribution in [1.29, 1.82) is 0 Å². The van der Waals surface area contributed by atoms with E-state index in [2.05, 4.69) is 0 Å². The average molecular weight is 220 g/mol. The van der Waals surface area contributed by atoms with E-state index in [4.69, 9.17) is 0 Å². The van der Waals surface area contributed by atoms with E-state index in [1.807, 2.05) is 12.1 Å². The summed E-state index contributed by atoms with van der Waals surface area (Å²) in [5, 5.41) is 0. The zero-order valence-electron chi connectivity index (χ0n) is 9.36. The fourth-order valence-electron chi connectivity index (χ4n) is 2.77. The van der Waals surface area contributed by atoms with Crippen LogP contribution in [-0.4, -0.2) is 6.29 Å². The molecule has 0 heterocycles. The van der Waals surface area contributed by atoms with Crippen molar-refractivity contribution in [3.05, 3.63) is 35.6 Å². The van der Waals surface area contributed by atoms with Gasteiger partial charge in [0.05, 0.1) is 0 Å². The largest absolute Gasteiger partial charge is 0.303 e. The molecule has 1 atom stereocenters. The summed E-state index contributed by atoms with van der Waals surface area (Å²) in [5.74, 6) is 0.691. The molecule has 1 aromatic carbocycles. The van der Waals surface area contributed by atoms with Gasteiger partial charge < -0.3 is 4.79 Å². The standard InChI is InChI=1S/C14H17FO/c15-13-7-5-12(6-8-13)14(9-10-16)11-3-1-2-4-11/h5-8,10-11,14H,1-4,9H2. The number of rotatable bonds is 4. The van der Waals surface area contributed by atoms with Crippen molar-refractivity contribution in [3.63, 3.8) is 0 Å². The Bertz CT molecular complexity index is 338. The summed E-state index contributed by atoms with van der Waals surface area (Å²) in [6.45, 7) is 0. The monoisotopic (exact) mass is 220 g/mol. The molecule has 1 fully saturated rings. The Labute approximate surface area is 95.7 Å². The van der Waals surface area contributed by atoms with Crippen molar-refractivity contribution in [1.82, 2.24) is 0 Å². The van der Waals surface area contributed by atoms with Crippen molar-refractivity contribution in [2.45, 2.75) is 38.0 Å². The molecular weight excluding hydrogens is 203 g/mol. The van der Waals surface area contributed by atoms with Gasteiger partial charge in [-0.3, -0.25) is 0 Å². The first-order chi connectivity index (χ1) is 7.81. The number of benzene rings is 1. The summed E-state index contributed by atoms with van der Waals surface area (Å²) in [7, 11) is 0. The topological polar surface area (TPSA) is 17.1 Å². The lowest BCUT2D eigenvalue weighted by Gasteiger charge is -2.21. The molecule has 2 rings (SSSR count). The first kappa shape index (κ1) is 11.3. The lowest BCUT2D eigenvalue weighted by Crippen LogP contribution is -2.10. The van der Waals surface area contributed by atoms with Crippen molar-refractivity contribution in [2.24, 2.45) is 5.92 Å². The van der Waals surface area contributed by atoms with Crippen LogP contribution < -0.4 is 0 Å². The molecule has 1 nitrogen and oxygen atoms in total. The third-order valence-electron chi connectivity index (χ3n) is 3.62. The van der Waals surface area contributed by atoms with Crippen molar-refractivity contribution < 1.29 is 9.18 Å². The predicted octanol–water partition coefficient (Wildman–Crippen LogP) is 3.69. The highest BCUT2D eigenvalue weighted by atomic mass is 19.1. The van der Waals surface area contributed by atoms with Gasteiger partial charge in [-0.25, -0.2) is 4.39 Å². The maximum atomic E-state index is 12.8. The number of hydrogen-bond donors (Lipinski definition) is 0. The quantitative estimate of drug-likeness (QED) is 0.707. The first-order valence-electron chi connectivity index (χ1n) is 6.00. The number of carbonyl (C=O) groups excluding carboxylic acids is 1. The average Bonchev–Trinajstić information content (AvgIpc) is 2.81. The van der Waals surface area contributed by atoms with E-state index in [0.717, 1.165) is 11.8 Å². The Hall–Kier alpha value is -1.18. The van der Waals surface area contributed by atoms with Gasteiger partial charge in [-0.1, -0.05) is 25.0 Å². The van der Waals surface area contributed by atoms with E-state index in [1.165, 1.54) is 37.8 Å². The molecule has 1 aliphatic carbocycles. The third-order valence-corrected chi connectivity index (χ3v) is 3.62. The number of hydrogen-bond acceptors (Lipinski definition) is 1. The minimum atomic E-state index is -0.208. The molecule has 0 N–H and O–H groups in total. The van der Waals surface area contributed by atoms with Crippen LogP contribution in [0.4, 0.5) is 4.39 Å². The van der Waals surface area contributed by atoms with Gasteiger partial charge in [0.25, 0.3) is 0 Å². The SMILES string of the molecule is O=CCC(c1ccc(F)cc1)C1CCCC1. The molecule has 1 saturated carbocycles. The van der Waals surface area contributed by atoms with Crippen LogP contribution in [0, 0.1) is 11.7 Å². The Morgan fingerprint density at radius 2 is 1.88 bits per heavy atom. The van der Waals surface area contributed by atoms with Gasteiger partial charge in [-0.15, -0.1) is 0 Å². The second-order valence-electron chi connectivity index (χ2n) is 4.60. The minimum absolute atomic E-state index is 0.208. The molecule has 0 radical (unpaired) electrons. The molecule has 0 bridgehead atoms. The predicted molar refractivity (Wildman–Crippen MR) is 61.8 cm³/mol. The summed E-state index contributed by atoms with van der Waals surface area (Å²) in [4.78, 5) is 10.7. The smallest absolute Gasteiger partial charge is 0.123 e. The highest BCUT2D eigenvalue weighted by molar-refractivity contribution is 5.52. The summed E-state index contributed by atoms with van der Waals surface area (Å²) in [6.07, 6.45) is 6.50. The van der Waals surface area contributed by atoms with E-state index in [0.29, 0.717) is 18.3 Å². The third kappa shape index (κ3) is 2.49. The Morgan fingerprint density at radius 1 is 1.25 bits per heavy atom. The lowest BCUT2D eigenvalue weighted by atomic mass is 9.83. The molecule has 0 amide bonds. The van der Waals surface area contributed by atoms with Crippen LogP contribution in [0.3, 0.4) is 0 Å². The van der Waals surface area contributed by atoms with Crippen LogP contribution in [0.1, 0.15) is 43.6 Å². The van der Waals surface area contributed by atoms with Crippen LogP contribution in [-0.2, 0) is 4.79 Å². The van der Waals surface area contributed by atoms with Crippen LogP contribution in [0.5, 0.6) is 0 Å². The Morgan fingerprint density at radius 3 is 2.44 bits per heavy atom. The molecular formula is C14H17FO. The zero-order chi connectivity index (χ0) is 11.4. The molecule has 1 aliphatic rings. The number of carbonyl (C=O) groups is 1. The van der Waals surface area contributed by atoms with Gasteiger partial charge in [-0.2, -0.15) is 0 Å². The van der Waals surface area contributed by atoms with Gasteiger partial charge in [0.1, 0.15) is 12.1 Å². The maximum absolute atomic E-state index is 12.8. The fraction of sp³-hybridized carbons (Fsp3) is 0.500. The maximum Gasteiger partial charge on any atom is 0.123 e. The molecule has 0 aromatic heterocycles. The molecule has 2 heteroatoms. The van der Waals surface area contributed by atoms with Crippen molar-refractivity contribution >= 4 is 6.29 Å². The minimum Gasteiger partial charge on any atom is -0.303 e. The zero-order valence-corrected chi connectivity index (χ0v) is 9.36. The fourth-order valence-corrected chi connectivity index (χ4v) is 2.77. The first-order valence-corrected chi connectivity index (χ1v) is 6.00. The molecule has 0 aliphatic heterocycles. The second kappa shape index (κ2) is 5.24. The lowest BCUT2D eigenvalue weighted by molar-refractivity contribution is -0.108. The van der Waals surface area contributed by atoms with Gasteiger partial charge in [0.15, 0.2) is 0 Å². The van der Waals surface area contributed by atoms with Gasteiger partial charge in [-0.05, 0) is 42.4 Å². The summed E-state index contributed by atoms with van der Waals surface area (Å²) < 4.78 is 12.8. The second-order valence-corrected chi connectivity index (χ2v) is 4.60.